The number of carbonyl (C=O) groups excluding carboxylic acids is 1. The molecule has 3 nitrogen and oxygen atoms in total. The summed E-state index contributed by atoms with van der Waals surface area (Å²) in [5.74, 6) is 0.202. The summed E-state index contributed by atoms with van der Waals surface area (Å²) in [5.41, 5.74) is 3.04. The van der Waals surface area contributed by atoms with Crippen molar-refractivity contribution in [1.82, 2.24) is 9.78 Å². The standard InChI is InChI=1S/C18H18N2O/c1-2-20-18-11-7-6-10-16(18)17(19-20)13-15(21)12-14-8-4-3-5-9-14/h3-11H,2,12-13H2,1H3. The summed E-state index contributed by atoms with van der Waals surface area (Å²) >= 11 is 0. The smallest absolute Gasteiger partial charge is 0.143 e. The van der Waals surface area contributed by atoms with Crippen molar-refractivity contribution in [2.24, 2.45) is 0 Å². The Labute approximate surface area is 124 Å². The van der Waals surface area contributed by atoms with Gasteiger partial charge in [-0.2, -0.15) is 5.10 Å². The van der Waals surface area contributed by atoms with Crippen molar-refractivity contribution in [3.8, 4) is 0 Å². The SMILES string of the molecule is CCn1nc(CC(=O)Cc2ccccc2)c2ccccc21. The molecule has 0 spiro atoms. The van der Waals surface area contributed by atoms with Gasteiger partial charge in [-0.05, 0) is 18.6 Å². The minimum atomic E-state index is 0.202. The monoisotopic (exact) mass is 278 g/mol. The van der Waals surface area contributed by atoms with Crippen molar-refractivity contribution in [1.29, 1.82) is 0 Å². The third kappa shape index (κ3) is 2.87. The number of carbonyl (C=O) groups is 1. The minimum absolute atomic E-state index is 0.202. The van der Waals surface area contributed by atoms with Crippen LogP contribution in [0, 0.1) is 0 Å². The third-order valence-corrected chi connectivity index (χ3v) is 3.64. The lowest BCUT2D eigenvalue weighted by Crippen LogP contribution is -2.08. The van der Waals surface area contributed by atoms with Gasteiger partial charge in [0, 0.05) is 18.4 Å². The Morgan fingerprint density at radius 1 is 1.00 bits per heavy atom. The molecule has 2 aromatic carbocycles. The second-order valence-corrected chi connectivity index (χ2v) is 5.16. The van der Waals surface area contributed by atoms with Crippen LogP contribution < -0.4 is 0 Å². The lowest BCUT2D eigenvalue weighted by Gasteiger charge is -2.00. The van der Waals surface area contributed by atoms with Gasteiger partial charge in [0.15, 0.2) is 0 Å². The number of benzene rings is 2. The van der Waals surface area contributed by atoms with Crippen molar-refractivity contribution in [3.63, 3.8) is 0 Å². The largest absolute Gasteiger partial charge is 0.299 e. The molecule has 3 heteroatoms. The van der Waals surface area contributed by atoms with E-state index in [1.807, 2.05) is 53.2 Å². The number of aromatic nitrogens is 2. The zero-order valence-electron chi connectivity index (χ0n) is 12.1. The fourth-order valence-corrected chi connectivity index (χ4v) is 2.64. The fourth-order valence-electron chi connectivity index (χ4n) is 2.64. The molecular weight excluding hydrogens is 260 g/mol. The first-order chi connectivity index (χ1) is 10.3. The molecule has 106 valence electrons. The molecule has 0 radical (unpaired) electrons. The molecule has 3 rings (SSSR count). The molecule has 0 N–H and O–H groups in total. The molecule has 21 heavy (non-hydrogen) atoms. The zero-order valence-corrected chi connectivity index (χ0v) is 12.1. The molecule has 1 aromatic heterocycles. The molecular formula is C18H18N2O. The van der Waals surface area contributed by atoms with Gasteiger partial charge < -0.3 is 0 Å². The number of hydrogen-bond acceptors (Lipinski definition) is 2. The van der Waals surface area contributed by atoms with Crippen LogP contribution >= 0.6 is 0 Å². The van der Waals surface area contributed by atoms with Gasteiger partial charge in [0.05, 0.1) is 17.6 Å². The highest BCUT2D eigenvalue weighted by atomic mass is 16.1. The topological polar surface area (TPSA) is 34.9 Å². The first-order valence-electron chi connectivity index (χ1n) is 7.28. The van der Waals surface area contributed by atoms with E-state index in [-0.39, 0.29) is 5.78 Å². The number of hydrogen-bond donors (Lipinski definition) is 0. The third-order valence-electron chi connectivity index (χ3n) is 3.64. The Kier molecular flexibility index (Phi) is 3.82. The minimum Gasteiger partial charge on any atom is -0.299 e. The molecule has 0 fully saturated rings. The first kappa shape index (κ1) is 13.6. The second-order valence-electron chi connectivity index (χ2n) is 5.16. The van der Waals surface area contributed by atoms with Gasteiger partial charge >= 0.3 is 0 Å². The van der Waals surface area contributed by atoms with Crippen LogP contribution in [-0.2, 0) is 24.2 Å². The van der Waals surface area contributed by atoms with Crippen LogP contribution in [0.3, 0.4) is 0 Å². The van der Waals surface area contributed by atoms with E-state index in [1.54, 1.807) is 0 Å². The van der Waals surface area contributed by atoms with Gasteiger partial charge in [-0.25, -0.2) is 0 Å². The van der Waals surface area contributed by atoms with Crippen molar-refractivity contribution in [2.75, 3.05) is 0 Å². The van der Waals surface area contributed by atoms with E-state index in [4.69, 9.17) is 0 Å². The molecule has 0 unspecified atom stereocenters. The average Bonchev–Trinajstić information content (AvgIpc) is 2.86. The number of para-hydroxylation sites is 1. The molecule has 0 saturated heterocycles. The predicted octanol–water partition coefficient (Wildman–Crippen LogP) is 3.41. The normalized spacial score (nSPS) is 10.9. The number of Topliss-reactive ketones (excluding diaryl/α,β-unsaturated/α-hetero) is 1. The number of nitrogens with zero attached hydrogens (tertiary/aromatic N) is 2. The summed E-state index contributed by atoms with van der Waals surface area (Å²) in [4.78, 5) is 12.3. The molecule has 0 amide bonds. The molecule has 0 saturated carbocycles. The maximum Gasteiger partial charge on any atom is 0.143 e. The number of rotatable bonds is 5. The lowest BCUT2D eigenvalue weighted by molar-refractivity contribution is -0.117. The quantitative estimate of drug-likeness (QED) is 0.717. The highest BCUT2D eigenvalue weighted by molar-refractivity contribution is 5.89. The number of aryl methyl sites for hydroxylation is 1. The summed E-state index contributed by atoms with van der Waals surface area (Å²) < 4.78 is 1.96. The van der Waals surface area contributed by atoms with E-state index < -0.39 is 0 Å². The summed E-state index contributed by atoms with van der Waals surface area (Å²) in [6, 6.07) is 18.0. The highest BCUT2D eigenvalue weighted by Crippen LogP contribution is 2.19. The van der Waals surface area contributed by atoms with E-state index >= 15 is 0 Å². The van der Waals surface area contributed by atoms with Crippen molar-refractivity contribution >= 4 is 16.7 Å². The number of fused-ring (bicyclic) bond motifs is 1. The summed E-state index contributed by atoms with van der Waals surface area (Å²) in [7, 11) is 0. The van der Waals surface area contributed by atoms with Crippen LogP contribution in [0.25, 0.3) is 10.9 Å². The highest BCUT2D eigenvalue weighted by Gasteiger charge is 2.13. The van der Waals surface area contributed by atoms with Crippen LogP contribution in [0.15, 0.2) is 54.6 Å². The molecule has 0 bridgehead atoms. The Morgan fingerprint density at radius 2 is 1.71 bits per heavy atom. The van der Waals surface area contributed by atoms with E-state index in [9.17, 15) is 4.79 Å². The van der Waals surface area contributed by atoms with Crippen LogP contribution in [0.4, 0.5) is 0 Å². The van der Waals surface area contributed by atoms with Crippen LogP contribution in [0.2, 0.25) is 0 Å². The first-order valence-corrected chi connectivity index (χ1v) is 7.28. The Balaban J connectivity index is 1.83. The second kappa shape index (κ2) is 5.92. The number of ketones is 1. The predicted molar refractivity (Wildman–Crippen MR) is 84.3 cm³/mol. The Bertz CT molecular complexity index is 759. The average molecular weight is 278 g/mol. The summed E-state index contributed by atoms with van der Waals surface area (Å²) in [5, 5.41) is 5.67. The van der Waals surface area contributed by atoms with Gasteiger partial charge in [-0.15, -0.1) is 0 Å². The molecule has 0 aliphatic rings. The van der Waals surface area contributed by atoms with E-state index in [1.165, 1.54) is 0 Å². The van der Waals surface area contributed by atoms with Gasteiger partial charge in [0.1, 0.15) is 5.78 Å². The molecule has 0 atom stereocenters. The molecule has 0 aliphatic carbocycles. The molecule has 3 aromatic rings. The van der Waals surface area contributed by atoms with Gasteiger partial charge in [0.2, 0.25) is 0 Å². The summed E-state index contributed by atoms with van der Waals surface area (Å²) in [6.45, 7) is 2.88. The summed E-state index contributed by atoms with van der Waals surface area (Å²) in [6.07, 6.45) is 0.858. The van der Waals surface area contributed by atoms with Crippen LogP contribution in [0.5, 0.6) is 0 Å². The van der Waals surface area contributed by atoms with E-state index in [0.29, 0.717) is 12.8 Å². The molecule has 0 aliphatic heterocycles. The Hall–Kier alpha value is -2.42. The maximum atomic E-state index is 12.3. The van der Waals surface area contributed by atoms with Crippen LogP contribution in [0.1, 0.15) is 18.2 Å². The zero-order chi connectivity index (χ0) is 14.7. The van der Waals surface area contributed by atoms with Crippen molar-refractivity contribution in [2.45, 2.75) is 26.3 Å². The van der Waals surface area contributed by atoms with Crippen molar-refractivity contribution in [3.05, 3.63) is 65.9 Å². The fraction of sp³-hybridized carbons (Fsp3) is 0.222. The van der Waals surface area contributed by atoms with Crippen molar-refractivity contribution < 1.29 is 4.79 Å². The molecule has 1 heterocycles. The van der Waals surface area contributed by atoms with Gasteiger partial charge in [-0.1, -0.05) is 48.5 Å². The van der Waals surface area contributed by atoms with E-state index in [2.05, 4.69) is 18.1 Å². The lowest BCUT2D eigenvalue weighted by atomic mass is 10.0. The van der Waals surface area contributed by atoms with E-state index in [0.717, 1.165) is 28.7 Å². The van der Waals surface area contributed by atoms with Gasteiger partial charge in [-0.3, -0.25) is 9.48 Å². The van der Waals surface area contributed by atoms with Gasteiger partial charge in [0.25, 0.3) is 0 Å². The Morgan fingerprint density at radius 3 is 2.48 bits per heavy atom. The maximum absolute atomic E-state index is 12.3. The van der Waals surface area contributed by atoms with Crippen LogP contribution in [-0.4, -0.2) is 15.6 Å².